The molecule has 0 saturated heterocycles. The van der Waals surface area contributed by atoms with Crippen molar-refractivity contribution in [3.63, 3.8) is 0 Å². The number of aliphatic carboxylic acids is 1. The van der Waals surface area contributed by atoms with Gasteiger partial charge in [-0.05, 0) is 49.9 Å². The number of nitrogens with one attached hydrogen (secondary N) is 1. The fourth-order valence-electron chi connectivity index (χ4n) is 2.73. The van der Waals surface area contributed by atoms with Crippen LogP contribution in [0.4, 0.5) is 0 Å². The molecule has 1 aromatic carbocycles. The monoisotopic (exact) mass is 358 g/mol. The highest BCUT2D eigenvalue weighted by Crippen LogP contribution is 2.34. The van der Waals surface area contributed by atoms with E-state index < -0.39 is 23.2 Å². The zero-order chi connectivity index (χ0) is 18.4. The van der Waals surface area contributed by atoms with Crippen LogP contribution in [0.3, 0.4) is 0 Å². The molecule has 8 nitrogen and oxygen atoms in total. The van der Waals surface area contributed by atoms with Crippen LogP contribution >= 0.6 is 0 Å². The average molecular weight is 358 g/mol. The second kappa shape index (κ2) is 7.73. The number of hydrogen-bond donors (Lipinski definition) is 2. The van der Waals surface area contributed by atoms with Crippen molar-refractivity contribution in [2.75, 3.05) is 0 Å². The van der Waals surface area contributed by atoms with E-state index in [9.17, 15) is 14.7 Å². The van der Waals surface area contributed by atoms with Crippen molar-refractivity contribution in [2.24, 2.45) is 5.16 Å². The Morgan fingerprint density at radius 2 is 1.85 bits per heavy atom. The summed E-state index contributed by atoms with van der Waals surface area (Å²) in [5.41, 5.74) is 0.685. The second-order valence-corrected chi connectivity index (χ2v) is 5.86. The van der Waals surface area contributed by atoms with Crippen molar-refractivity contribution in [1.29, 1.82) is 0 Å². The molecule has 3 rings (SSSR count). The molecular weight excluding hydrogens is 340 g/mol. The Balaban J connectivity index is 1.73. The molecule has 0 unspecified atom stereocenters. The van der Waals surface area contributed by atoms with E-state index >= 15 is 0 Å². The molecule has 0 atom stereocenters. The van der Waals surface area contributed by atoms with Gasteiger partial charge in [0.15, 0.2) is 11.5 Å². The van der Waals surface area contributed by atoms with E-state index in [1.165, 1.54) is 12.3 Å². The van der Waals surface area contributed by atoms with Crippen molar-refractivity contribution < 1.29 is 28.8 Å². The highest BCUT2D eigenvalue weighted by Gasteiger charge is 2.45. The number of carboxylic acid groups (broad SMARTS) is 1. The highest BCUT2D eigenvalue weighted by molar-refractivity contribution is 6.41. The van der Waals surface area contributed by atoms with Crippen molar-refractivity contribution in [1.82, 2.24) is 5.48 Å². The summed E-state index contributed by atoms with van der Waals surface area (Å²) >= 11 is 0. The van der Waals surface area contributed by atoms with Gasteiger partial charge < -0.3 is 19.2 Å². The van der Waals surface area contributed by atoms with Gasteiger partial charge >= 0.3 is 5.97 Å². The van der Waals surface area contributed by atoms with Crippen molar-refractivity contribution in [3.8, 4) is 5.75 Å². The van der Waals surface area contributed by atoms with Gasteiger partial charge in [0.05, 0.1) is 6.26 Å². The maximum absolute atomic E-state index is 12.6. The molecule has 0 bridgehead atoms. The van der Waals surface area contributed by atoms with Crippen LogP contribution in [0.2, 0.25) is 0 Å². The lowest BCUT2D eigenvalue weighted by molar-refractivity contribution is -0.154. The predicted octanol–water partition coefficient (Wildman–Crippen LogP) is 2.51. The number of carbonyl (C=O) groups excluding carboxylic acids is 1. The van der Waals surface area contributed by atoms with Crippen LogP contribution in [0.1, 0.15) is 31.4 Å². The van der Waals surface area contributed by atoms with Crippen LogP contribution in [0.25, 0.3) is 0 Å². The number of amides is 1. The van der Waals surface area contributed by atoms with Crippen LogP contribution in [-0.2, 0) is 14.4 Å². The number of oxime groups is 1. The van der Waals surface area contributed by atoms with E-state index in [4.69, 9.17) is 14.1 Å². The molecule has 1 amide bonds. The van der Waals surface area contributed by atoms with E-state index in [1.54, 1.807) is 30.3 Å². The van der Waals surface area contributed by atoms with Crippen molar-refractivity contribution in [2.45, 2.75) is 31.3 Å². The fourth-order valence-corrected chi connectivity index (χ4v) is 2.73. The Kier molecular flexibility index (Phi) is 5.21. The fraction of sp³-hybridized carbons (Fsp3) is 0.278. The Labute approximate surface area is 149 Å². The molecule has 1 aliphatic carbocycles. The van der Waals surface area contributed by atoms with Crippen LogP contribution < -0.4 is 10.3 Å². The van der Waals surface area contributed by atoms with Gasteiger partial charge in [0, 0.05) is 0 Å². The number of carbonyl (C=O) groups is 2. The molecule has 1 aliphatic rings. The molecule has 0 spiro atoms. The molecule has 26 heavy (non-hydrogen) atoms. The quantitative estimate of drug-likeness (QED) is 0.581. The van der Waals surface area contributed by atoms with Crippen LogP contribution in [0.15, 0.2) is 58.3 Å². The first-order valence-corrected chi connectivity index (χ1v) is 8.16. The van der Waals surface area contributed by atoms with E-state index in [0.717, 1.165) is 12.8 Å². The van der Waals surface area contributed by atoms with Crippen molar-refractivity contribution in [3.05, 3.63) is 54.5 Å². The molecule has 1 saturated carbocycles. The van der Waals surface area contributed by atoms with E-state index in [-0.39, 0.29) is 5.76 Å². The normalized spacial score (nSPS) is 16.1. The number of nitrogens with zero attached hydrogens (tertiary/aromatic N) is 1. The number of hydrogen-bond acceptors (Lipinski definition) is 6. The smallest absolute Gasteiger partial charge is 0.361 e. The highest BCUT2D eigenvalue weighted by atomic mass is 16.7. The Morgan fingerprint density at radius 1 is 1.12 bits per heavy atom. The first-order chi connectivity index (χ1) is 12.6. The third kappa shape index (κ3) is 3.85. The SMILES string of the molecule is O=C(O)/C(=N\OC1(C(=O)NOc2ccccc2)CCCC1)c1ccco1. The third-order valence-electron chi connectivity index (χ3n) is 4.10. The minimum Gasteiger partial charge on any atom is -0.476 e. The van der Waals surface area contributed by atoms with E-state index in [0.29, 0.717) is 18.6 Å². The van der Waals surface area contributed by atoms with Crippen LogP contribution in [-0.4, -0.2) is 28.3 Å². The number of hydroxylamine groups is 1. The van der Waals surface area contributed by atoms with Gasteiger partial charge in [-0.15, -0.1) is 0 Å². The molecule has 2 aromatic rings. The molecule has 2 N–H and O–H groups in total. The topological polar surface area (TPSA) is 110 Å². The van der Waals surface area contributed by atoms with Gasteiger partial charge in [-0.1, -0.05) is 23.4 Å². The largest absolute Gasteiger partial charge is 0.476 e. The Bertz CT molecular complexity index is 779. The van der Waals surface area contributed by atoms with Gasteiger partial charge in [0.2, 0.25) is 11.3 Å². The predicted molar refractivity (Wildman–Crippen MR) is 90.4 cm³/mol. The van der Waals surface area contributed by atoms with Crippen LogP contribution in [0, 0.1) is 0 Å². The van der Waals surface area contributed by atoms with Gasteiger partial charge in [0.25, 0.3) is 5.91 Å². The molecule has 1 heterocycles. The average Bonchev–Trinajstić information content (AvgIpc) is 3.33. The summed E-state index contributed by atoms with van der Waals surface area (Å²) in [6, 6.07) is 11.8. The Morgan fingerprint density at radius 3 is 2.46 bits per heavy atom. The number of carboxylic acids is 1. The summed E-state index contributed by atoms with van der Waals surface area (Å²) in [5, 5.41) is 13.0. The molecule has 1 fully saturated rings. The van der Waals surface area contributed by atoms with Crippen molar-refractivity contribution >= 4 is 17.6 Å². The minimum atomic E-state index is -1.31. The van der Waals surface area contributed by atoms with Crippen LogP contribution in [0.5, 0.6) is 5.75 Å². The summed E-state index contributed by atoms with van der Waals surface area (Å²) in [5.74, 6) is -1.30. The maximum Gasteiger partial charge on any atom is 0.361 e. The van der Waals surface area contributed by atoms with E-state index in [2.05, 4.69) is 10.6 Å². The molecule has 1 aromatic heterocycles. The van der Waals surface area contributed by atoms with Gasteiger partial charge in [-0.3, -0.25) is 4.79 Å². The van der Waals surface area contributed by atoms with E-state index in [1.807, 2.05) is 6.07 Å². The number of rotatable bonds is 7. The molecule has 0 radical (unpaired) electrons. The summed E-state index contributed by atoms with van der Waals surface area (Å²) in [7, 11) is 0. The standard InChI is InChI=1S/C18H18N2O6/c21-16(22)15(14-9-6-12-24-14)19-26-18(10-4-5-11-18)17(23)20-25-13-7-2-1-3-8-13/h1-3,6-9,12H,4-5,10-11H2,(H,20,23)(H,21,22)/b19-15-. The lowest BCUT2D eigenvalue weighted by Crippen LogP contribution is -2.47. The molecule has 8 heteroatoms. The first-order valence-electron chi connectivity index (χ1n) is 8.16. The lowest BCUT2D eigenvalue weighted by Gasteiger charge is -2.24. The first kappa shape index (κ1) is 17.5. The minimum absolute atomic E-state index is 0.0478. The number of benzene rings is 1. The molecule has 136 valence electrons. The van der Waals surface area contributed by atoms with Gasteiger partial charge in [-0.25, -0.2) is 4.79 Å². The molecular formula is C18H18N2O6. The summed E-state index contributed by atoms with van der Waals surface area (Å²) in [4.78, 5) is 34.7. The zero-order valence-corrected chi connectivity index (χ0v) is 13.9. The Hall–Kier alpha value is -3.29. The number of para-hydroxylation sites is 1. The molecule has 0 aliphatic heterocycles. The summed E-state index contributed by atoms with van der Waals surface area (Å²) in [6.45, 7) is 0. The maximum atomic E-state index is 12.6. The third-order valence-corrected chi connectivity index (χ3v) is 4.10. The van der Waals surface area contributed by atoms with Gasteiger partial charge in [-0.2, -0.15) is 5.48 Å². The lowest BCUT2D eigenvalue weighted by atomic mass is 10.0. The number of furan rings is 1. The summed E-state index contributed by atoms with van der Waals surface area (Å²) < 4.78 is 5.05. The second-order valence-electron chi connectivity index (χ2n) is 5.86. The summed E-state index contributed by atoms with van der Waals surface area (Å²) in [6.07, 6.45) is 3.67. The van der Waals surface area contributed by atoms with Gasteiger partial charge in [0.1, 0.15) is 0 Å². The zero-order valence-electron chi connectivity index (χ0n) is 13.9.